The number of carbonyl (C=O) groups is 1. The summed E-state index contributed by atoms with van der Waals surface area (Å²) in [5.41, 5.74) is 0. The predicted molar refractivity (Wildman–Crippen MR) is 69.2 cm³/mol. The second-order valence-corrected chi connectivity index (χ2v) is 6.00. The SMILES string of the molecule is C=CCN(CC(=O)N(C)CCCC)S(C)(=O)=O. The van der Waals surface area contributed by atoms with Gasteiger partial charge in [0, 0.05) is 20.1 Å². The molecule has 0 aliphatic rings. The number of unbranched alkanes of at least 4 members (excludes halogenated alkanes) is 1. The fourth-order valence-electron chi connectivity index (χ4n) is 1.25. The molecule has 0 aliphatic carbocycles. The number of nitrogens with zero attached hydrogens (tertiary/aromatic N) is 2. The third-order valence-corrected chi connectivity index (χ3v) is 3.60. The Bertz CT molecular complexity index is 352. The third kappa shape index (κ3) is 6.43. The molecule has 0 radical (unpaired) electrons. The topological polar surface area (TPSA) is 57.7 Å². The van der Waals surface area contributed by atoms with Gasteiger partial charge < -0.3 is 4.90 Å². The molecule has 0 saturated carbocycles. The first-order chi connectivity index (χ1) is 7.82. The van der Waals surface area contributed by atoms with Crippen molar-refractivity contribution in [2.75, 3.05) is 32.9 Å². The first kappa shape index (κ1) is 16.1. The molecule has 1 amide bonds. The van der Waals surface area contributed by atoms with Crippen molar-refractivity contribution < 1.29 is 13.2 Å². The van der Waals surface area contributed by atoms with Gasteiger partial charge in [-0.05, 0) is 6.42 Å². The molecule has 100 valence electrons. The van der Waals surface area contributed by atoms with Crippen LogP contribution in [0.25, 0.3) is 0 Å². The minimum atomic E-state index is -3.36. The van der Waals surface area contributed by atoms with Gasteiger partial charge in [-0.2, -0.15) is 4.31 Å². The number of amides is 1. The van der Waals surface area contributed by atoms with E-state index in [0.717, 1.165) is 23.4 Å². The minimum absolute atomic E-state index is 0.120. The Kier molecular flexibility index (Phi) is 7.06. The predicted octanol–water partition coefficient (Wildman–Crippen LogP) is 0.692. The van der Waals surface area contributed by atoms with E-state index in [9.17, 15) is 13.2 Å². The summed E-state index contributed by atoms with van der Waals surface area (Å²) < 4.78 is 23.9. The molecule has 0 aromatic heterocycles. The van der Waals surface area contributed by atoms with E-state index in [1.807, 2.05) is 6.92 Å². The number of rotatable bonds is 8. The number of sulfonamides is 1. The number of carbonyl (C=O) groups excluding carboxylic acids is 1. The van der Waals surface area contributed by atoms with Gasteiger partial charge in [-0.1, -0.05) is 19.4 Å². The van der Waals surface area contributed by atoms with Crippen LogP contribution < -0.4 is 0 Å². The van der Waals surface area contributed by atoms with E-state index in [0.29, 0.717) is 6.54 Å². The van der Waals surface area contributed by atoms with Crippen molar-refractivity contribution in [3.63, 3.8) is 0 Å². The molecular weight excluding hydrogens is 240 g/mol. The first-order valence-corrected chi connectivity index (χ1v) is 7.47. The fraction of sp³-hybridized carbons (Fsp3) is 0.727. The van der Waals surface area contributed by atoms with Crippen LogP contribution in [0.15, 0.2) is 12.7 Å². The molecule has 0 atom stereocenters. The van der Waals surface area contributed by atoms with Gasteiger partial charge in [-0.3, -0.25) is 4.79 Å². The highest BCUT2D eigenvalue weighted by Gasteiger charge is 2.20. The summed E-state index contributed by atoms with van der Waals surface area (Å²) in [4.78, 5) is 13.3. The Labute approximate surface area is 104 Å². The van der Waals surface area contributed by atoms with Crippen LogP contribution in [0.3, 0.4) is 0 Å². The molecular formula is C11H22N2O3S. The van der Waals surface area contributed by atoms with Crippen LogP contribution in [-0.4, -0.2) is 56.5 Å². The van der Waals surface area contributed by atoms with Crippen molar-refractivity contribution >= 4 is 15.9 Å². The van der Waals surface area contributed by atoms with Gasteiger partial charge >= 0.3 is 0 Å². The summed E-state index contributed by atoms with van der Waals surface area (Å²) in [6.07, 6.45) is 4.48. The van der Waals surface area contributed by atoms with E-state index in [1.165, 1.54) is 6.08 Å². The molecule has 0 N–H and O–H groups in total. The maximum absolute atomic E-state index is 11.8. The maximum Gasteiger partial charge on any atom is 0.237 e. The largest absolute Gasteiger partial charge is 0.345 e. The van der Waals surface area contributed by atoms with E-state index >= 15 is 0 Å². The van der Waals surface area contributed by atoms with Gasteiger partial charge in [-0.15, -0.1) is 6.58 Å². The number of likely N-dealkylation sites (N-methyl/N-ethyl adjacent to an activating group) is 1. The molecule has 0 heterocycles. The van der Waals surface area contributed by atoms with E-state index < -0.39 is 10.0 Å². The average molecular weight is 262 g/mol. The first-order valence-electron chi connectivity index (χ1n) is 5.62. The zero-order chi connectivity index (χ0) is 13.5. The second kappa shape index (κ2) is 7.45. The van der Waals surface area contributed by atoms with Gasteiger partial charge in [0.1, 0.15) is 0 Å². The Morgan fingerprint density at radius 2 is 2.00 bits per heavy atom. The van der Waals surface area contributed by atoms with Crippen molar-refractivity contribution in [3.05, 3.63) is 12.7 Å². The molecule has 0 aliphatic heterocycles. The third-order valence-electron chi connectivity index (χ3n) is 2.39. The lowest BCUT2D eigenvalue weighted by Gasteiger charge is -2.22. The molecule has 6 heteroatoms. The van der Waals surface area contributed by atoms with Crippen LogP contribution in [0.5, 0.6) is 0 Å². The van der Waals surface area contributed by atoms with Crippen molar-refractivity contribution in [1.82, 2.24) is 9.21 Å². The average Bonchev–Trinajstić information content (AvgIpc) is 2.23. The number of hydrogen-bond donors (Lipinski definition) is 0. The van der Waals surface area contributed by atoms with Crippen molar-refractivity contribution in [2.24, 2.45) is 0 Å². The van der Waals surface area contributed by atoms with Crippen molar-refractivity contribution in [3.8, 4) is 0 Å². The summed E-state index contributed by atoms with van der Waals surface area (Å²) in [6.45, 7) is 6.22. The molecule has 5 nitrogen and oxygen atoms in total. The van der Waals surface area contributed by atoms with E-state index in [2.05, 4.69) is 6.58 Å². The van der Waals surface area contributed by atoms with Gasteiger partial charge in [0.05, 0.1) is 12.8 Å². The minimum Gasteiger partial charge on any atom is -0.345 e. The molecule has 17 heavy (non-hydrogen) atoms. The molecule has 0 fully saturated rings. The number of hydrogen-bond acceptors (Lipinski definition) is 3. The molecule has 0 aromatic carbocycles. The van der Waals surface area contributed by atoms with Gasteiger partial charge in [0.25, 0.3) is 0 Å². The molecule has 0 unspecified atom stereocenters. The Morgan fingerprint density at radius 3 is 2.41 bits per heavy atom. The quantitative estimate of drug-likeness (QED) is 0.605. The van der Waals surface area contributed by atoms with Crippen LogP contribution >= 0.6 is 0 Å². The zero-order valence-corrected chi connectivity index (χ0v) is 11.7. The fourth-order valence-corrected chi connectivity index (χ4v) is 1.97. The summed E-state index contributed by atoms with van der Waals surface area (Å²) in [5, 5.41) is 0. The summed E-state index contributed by atoms with van der Waals surface area (Å²) in [7, 11) is -1.67. The summed E-state index contributed by atoms with van der Waals surface area (Å²) in [6, 6.07) is 0. The maximum atomic E-state index is 11.8. The molecule has 0 spiro atoms. The van der Waals surface area contributed by atoms with E-state index in [-0.39, 0.29) is 19.0 Å². The van der Waals surface area contributed by atoms with Crippen LogP contribution in [-0.2, 0) is 14.8 Å². The van der Waals surface area contributed by atoms with Crippen molar-refractivity contribution in [2.45, 2.75) is 19.8 Å². The normalized spacial score (nSPS) is 11.5. The van der Waals surface area contributed by atoms with Crippen LogP contribution in [0.4, 0.5) is 0 Å². The Balaban J connectivity index is 4.45. The molecule has 0 saturated heterocycles. The van der Waals surface area contributed by atoms with Gasteiger partial charge in [0.2, 0.25) is 15.9 Å². The van der Waals surface area contributed by atoms with Crippen LogP contribution in [0.1, 0.15) is 19.8 Å². The van der Waals surface area contributed by atoms with E-state index in [4.69, 9.17) is 0 Å². The highest BCUT2D eigenvalue weighted by Crippen LogP contribution is 2.00. The van der Waals surface area contributed by atoms with Gasteiger partial charge in [-0.25, -0.2) is 8.42 Å². The highest BCUT2D eigenvalue weighted by atomic mass is 32.2. The summed E-state index contributed by atoms with van der Waals surface area (Å²) in [5.74, 6) is -0.189. The van der Waals surface area contributed by atoms with Gasteiger partial charge in [0.15, 0.2) is 0 Å². The summed E-state index contributed by atoms with van der Waals surface area (Å²) >= 11 is 0. The molecule has 0 rings (SSSR count). The smallest absolute Gasteiger partial charge is 0.237 e. The van der Waals surface area contributed by atoms with Crippen LogP contribution in [0.2, 0.25) is 0 Å². The van der Waals surface area contributed by atoms with E-state index in [1.54, 1.807) is 11.9 Å². The Hall–Kier alpha value is -0.880. The lowest BCUT2D eigenvalue weighted by molar-refractivity contribution is -0.130. The molecule has 0 aromatic rings. The second-order valence-electron chi connectivity index (χ2n) is 4.01. The molecule has 0 bridgehead atoms. The lowest BCUT2D eigenvalue weighted by atomic mass is 10.3. The lowest BCUT2D eigenvalue weighted by Crippen LogP contribution is -2.41. The zero-order valence-electron chi connectivity index (χ0n) is 10.8. The Morgan fingerprint density at radius 1 is 1.41 bits per heavy atom. The van der Waals surface area contributed by atoms with Crippen LogP contribution in [0, 0.1) is 0 Å². The van der Waals surface area contributed by atoms with Crippen molar-refractivity contribution in [1.29, 1.82) is 0 Å². The highest BCUT2D eigenvalue weighted by molar-refractivity contribution is 7.88. The standard InChI is InChI=1S/C11H22N2O3S/c1-5-7-9-12(3)11(14)10-13(8-6-2)17(4,15)16/h6H,2,5,7-10H2,1,3-4H3. The monoisotopic (exact) mass is 262 g/mol.